The van der Waals surface area contributed by atoms with Crippen molar-refractivity contribution in [3.8, 4) is 5.88 Å². The summed E-state index contributed by atoms with van der Waals surface area (Å²) in [4.78, 5) is 18.0. The van der Waals surface area contributed by atoms with Gasteiger partial charge in [0.15, 0.2) is 0 Å². The third-order valence-electron chi connectivity index (χ3n) is 2.28. The Hall–Kier alpha value is -1.36. The summed E-state index contributed by atoms with van der Waals surface area (Å²) in [7, 11) is 1.59. The predicted molar refractivity (Wildman–Crippen MR) is 56.1 cm³/mol. The van der Waals surface area contributed by atoms with Gasteiger partial charge in [-0.15, -0.1) is 0 Å². The fourth-order valence-corrected chi connectivity index (χ4v) is 1.30. The van der Waals surface area contributed by atoms with Crippen LogP contribution in [0.4, 0.5) is 0 Å². The van der Waals surface area contributed by atoms with E-state index in [2.05, 4.69) is 9.97 Å². The molecule has 0 saturated heterocycles. The zero-order chi connectivity index (χ0) is 11.4. The van der Waals surface area contributed by atoms with Gasteiger partial charge in [0.2, 0.25) is 5.88 Å². The van der Waals surface area contributed by atoms with Gasteiger partial charge in [-0.1, -0.05) is 6.92 Å². The normalized spacial score (nSPS) is 12.7. The van der Waals surface area contributed by atoms with Crippen LogP contribution in [-0.2, 0) is 17.6 Å². The van der Waals surface area contributed by atoms with Gasteiger partial charge in [-0.05, 0) is 13.3 Å². The van der Waals surface area contributed by atoms with Crippen molar-refractivity contribution in [2.24, 2.45) is 0 Å². The molecule has 0 amide bonds. The minimum Gasteiger partial charge on any atom is -0.493 e. The first kappa shape index (κ1) is 11.7. The van der Waals surface area contributed by atoms with Crippen LogP contribution in [0.2, 0.25) is 0 Å². The average Bonchev–Trinajstić information content (AvgIpc) is 2.17. The number of hydrogen-bond acceptors (Lipinski definition) is 4. The molecule has 1 rings (SSSR count). The van der Waals surface area contributed by atoms with Gasteiger partial charge >= 0.3 is 0 Å². The fraction of sp³-hybridized carbons (Fsp3) is 0.600. The molecule has 84 valence electrons. The Morgan fingerprint density at radius 3 is 2.73 bits per heavy atom. The molecule has 0 fully saturated rings. The molecule has 1 unspecified atom stereocenters. The molecule has 1 atom stereocenters. The Bertz CT molecular complexity index is 387. The molecule has 0 bridgehead atoms. The van der Waals surface area contributed by atoms with Crippen LogP contribution < -0.4 is 5.56 Å². The molecule has 1 aromatic heterocycles. The van der Waals surface area contributed by atoms with Crippen molar-refractivity contribution in [3.05, 3.63) is 21.7 Å². The maximum absolute atomic E-state index is 11.5. The first-order valence-electron chi connectivity index (χ1n) is 4.92. The quantitative estimate of drug-likeness (QED) is 0.767. The molecule has 0 spiro atoms. The Balaban J connectivity index is 2.99. The number of aromatic amines is 1. The topological polar surface area (TPSA) is 75.2 Å². The molecule has 0 radical (unpaired) electrons. The maximum Gasteiger partial charge on any atom is 0.257 e. The van der Waals surface area contributed by atoms with Crippen LogP contribution in [0.1, 0.15) is 25.2 Å². The highest BCUT2D eigenvalue weighted by molar-refractivity contribution is 5.22. The lowest BCUT2D eigenvalue weighted by molar-refractivity contribution is 0.117. The summed E-state index contributed by atoms with van der Waals surface area (Å²) < 4.78 is 5.05. The molecule has 0 aliphatic heterocycles. The average molecular weight is 212 g/mol. The van der Waals surface area contributed by atoms with E-state index in [-0.39, 0.29) is 17.5 Å². The summed E-state index contributed by atoms with van der Waals surface area (Å²) in [5.41, 5.74) is 0.0483. The van der Waals surface area contributed by atoms with Gasteiger partial charge in [-0.3, -0.25) is 4.79 Å². The van der Waals surface area contributed by atoms with Gasteiger partial charge in [-0.2, -0.15) is 4.98 Å². The zero-order valence-electron chi connectivity index (χ0n) is 9.20. The standard InChI is InChI=1S/C10H16N2O3/c1-4-7-9(13)11-8(12-10(7)14)5-6(2)15-3/h6H,4-5H2,1-3H3,(H2,11,12,13,14). The Kier molecular flexibility index (Phi) is 3.85. The van der Waals surface area contributed by atoms with Crippen LogP contribution in [0.3, 0.4) is 0 Å². The molecule has 0 aromatic carbocycles. The van der Waals surface area contributed by atoms with Crippen LogP contribution in [0.15, 0.2) is 4.79 Å². The van der Waals surface area contributed by atoms with Gasteiger partial charge in [0.05, 0.1) is 11.7 Å². The molecule has 0 saturated carbocycles. The molecule has 2 N–H and O–H groups in total. The van der Waals surface area contributed by atoms with E-state index in [0.717, 1.165) is 0 Å². The predicted octanol–water partition coefficient (Wildman–Crippen LogP) is 0.615. The van der Waals surface area contributed by atoms with Crippen LogP contribution >= 0.6 is 0 Å². The highest BCUT2D eigenvalue weighted by Crippen LogP contribution is 2.09. The summed E-state index contributed by atoms with van der Waals surface area (Å²) in [6, 6.07) is 0. The third kappa shape index (κ3) is 2.79. The summed E-state index contributed by atoms with van der Waals surface area (Å²) in [5, 5.41) is 9.49. The first-order valence-corrected chi connectivity index (χ1v) is 4.92. The molecule has 5 nitrogen and oxygen atoms in total. The van der Waals surface area contributed by atoms with E-state index in [1.165, 1.54) is 0 Å². The van der Waals surface area contributed by atoms with Gasteiger partial charge < -0.3 is 14.8 Å². The molecule has 1 aromatic rings. The molecule has 0 aliphatic rings. The summed E-state index contributed by atoms with van der Waals surface area (Å²) >= 11 is 0. The zero-order valence-corrected chi connectivity index (χ0v) is 9.20. The van der Waals surface area contributed by atoms with Crippen molar-refractivity contribution in [2.75, 3.05) is 7.11 Å². The van der Waals surface area contributed by atoms with Gasteiger partial charge in [0, 0.05) is 13.5 Å². The maximum atomic E-state index is 11.5. The molecule has 5 heteroatoms. The van der Waals surface area contributed by atoms with Crippen molar-refractivity contribution in [1.82, 2.24) is 9.97 Å². The SMILES string of the molecule is CCc1c(O)nc(CC(C)OC)[nH]c1=O. The minimum atomic E-state index is -0.275. The van der Waals surface area contributed by atoms with Crippen molar-refractivity contribution < 1.29 is 9.84 Å². The summed E-state index contributed by atoms with van der Waals surface area (Å²) in [5.74, 6) is 0.267. The molecular formula is C10H16N2O3. The van der Waals surface area contributed by atoms with E-state index >= 15 is 0 Å². The van der Waals surface area contributed by atoms with E-state index in [9.17, 15) is 9.90 Å². The molecular weight excluding hydrogens is 196 g/mol. The number of ether oxygens (including phenoxy) is 1. The number of nitrogens with zero attached hydrogens (tertiary/aromatic N) is 1. The second-order valence-corrected chi connectivity index (χ2v) is 3.42. The summed E-state index contributed by atoms with van der Waals surface area (Å²) in [6.07, 6.45) is 0.900. The highest BCUT2D eigenvalue weighted by Gasteiger charge is 2.10. The Labute approximate surface area is 88.1 Å². The van der Waals surface area contributed by atoms with Crippen molar-refractivity contribution in [1.29, 1.82) is 0 Å². The second kappa shape index (κ2) is 4.93. The van der Waals surface area contributed by atoms with E-state index < -0.39 is 0 Å². The molecule has 0 aliphatic carbocycles. The van der Waals surface area contributed by atoms with E-state index in [1.54, 1.807) is 14.0 Å². The van der Waals surface area contributed by atoms with E-state index in [1.807, 2.05) is 6.92 Å². The lowest BCUT2D eigenvalue weighted by atomic mass is 10.2. The minimum absolute atomic E-state index is 0.0416. The number of rotatable bonds is 4. The first-order chi connectivity index (χ1) is 7.08. The van der Waals surface area contributed by atoms with Crippen molar-refractivity contribution in [3.63, 3.8) is 0 Å². The van der Waals surface area contributed by atoms with Crippen LogP contribution in [-0.4, -0.2) is 28.3 Å². The van der Waals surface area contributed by atoms with E-state index in [4.69, 9.17) is 4.74 Å². The van der Waals surface area contributed by atoms with Gasteiger partial charge in [0.25, 0.3) is 5.56 Å². The largest absolute Gasteiger partial charge is 0.493 e. The fourth-order valence-electron chi connectivity index (χ4n) is 1.30. The monoisotopic (exact) mass is 212 g/mol. The molecule has 15 heavy (non-hydrogen) atoms. The summed E-state index contributed by atoms with van der Waals surface area (Å²) in [6.45, 7) is 3.66. The number of methoxy groups -OCH3 is 1. The van der Waals surface area contributed by atoms with Crippen LogP contribution in [0.25, 0.3) is 0 Å². The highest BCUT2D eigenvalue weighted by atomic mass is 16.5. The van der Waals surface area contributed by atoms with Crippen LogP contribution in [0.5, 0.6) is 5.88 Å². The van der Waals surface area contributed by atoms with Gasteiger partial charge in [0.1, 0.15) is 5.82 Å². The lowest BCUT2D eigenvalue weighted by Crippen LogP contribution is -2.19. The molecule has 1 heterocycles. The number of aromatic nitrogens is 2. The Morgan fingerprint density at radius 1 is 1.60 bits per heavy atom. The van der Waals surface area contributed by atoms with Gasteiger partial charge in [-0.25, -0.2) is 0 Å². The smallest absolute Gasteiger partial charge is 0.257 e. The number of nitrogens with one attached hydrogen (secondary N) is 1. The number of hydrogen-bond donors (Lipinski definition) is 2. The van der Waals surface area contributed by atoms with Crippen LogP contribution in [0, 0.1) is 0 Å². The van der Waals surface area contributed by atoms with E-state index in [0.29, 0.717) is 24.2 Å². The van der Waals surface area contributed by atoms with Crippen molar-refractivity contribution >= 4 is 0 Å². The third-order valence-corrected chi connectivity index (χ3v) is 2.28. The number of aromatic hydroxyl groups is 1. The second-order valence-electron chi connectivity index (χ2n) is 3.42. The number of H-pyrrole nitrogens is 1. The Morgan fingerprint density at radius 2 is 2.27 bits per heavy atom. The lowest BCUT2D eigenvalue weighted by Gasteiger charge is -2.09. The van der Waals surface area contributed by atoms with Crippen molar-refractivity contribution in [2.45, 2.75) is 32.8 Å².